The molecule has 11 nitrogen and oxygen atoms in total. The Morgan fingerprint density at radius 3 is 2.69 bits per heavy atom. The Bertz CT molecular complexity index is 1140. The summed E-state index contributed by atoms with van der Waals surface area (Å²) in [5.41, 5.74) is 4.82. The zero-order valence-corrected chi connectivity index (χ0v) is 18.1. The zero-order valence-electron chi connectivity index (χ0n) is 18.1. The molecule has 0 saturated carbocycles. The molecule has 3 N–H and O–H groups in total. The first kappa shape index (κ1) is 21.5. The smallest absolute Gasteiger partial charge is 0.328 e. The van der Waals surface area contributed by atoms with Crippen LogP contribution >= 0.6 is 0 Å². The van der Waals surface area contributed by atoms with Crippen LogP contribution in [0.3, 0.4) is 0 Å². The lowest BCUT2D eigenvalue weighted by Crippen LogP contribution is -2.43. The fourth-order valence-corrected chi connectivity index (χ4v) is 4.21. The van der Waals surface area contributed by atoms with Crippen molar-refractivity contribution >= 4 is 35.5 Å². The second-order valence-electron chi connectivity index (χ2n) is 7.63. The average Bonchev–Trinajstić information content (AvgIpc) is 3.39. The van der Waals surface area contributed by atoms with Gasteiger partial charge in [0.1, 0.15) is 5.82 Å². The number of hydrogen-bond acceptors (Lipinski definition) is 7. The Morgan fingerprint density at radius 1 is 1.19 bits per heavy atom. The highest BCUT2D eigenvalue weighted by molar-refractivity contribution is 6.02. The van der Waals surface area contributed by atoms with E-state index in [2.05, 4.69) is 36.6 Å². The van der Waals surface area contributed by atoms with Crippen LogP contribution in [0.15, 0.2) is 24.7 Å². The second kappa shape index (κ2) is 9.18. The topological polar surface area (TPSA) is 128 Å². The van der Waals surface area contributed by atoms with Crippen LogP contribution in [0, 0.1) is 13.8 Å². The number of anilines is 3. The first-order valence-corrected chi connectivity index (χ1v) is 10.4. The number of carbonyl (C=O) groups is 2. The molecule has 32 heavy (non-hydrogen) atoms. The number of aromatic nitrogens is 4. The third-order valence-corrected chi connectivity index (χ3v) is 5.51. The summed E-state index contributed by atoms with van der Waals surface area (Å²) in [4.78, 5) is 38.9. The number of rotatable bonds is 2. The maximum Gasteiger partial charge on any atom is 0.328 e. The molecule has 0 atom stereocenters. The lowest BCUT2D eigenvalue weighted by atomic mass is 10.1. The quantitative estimate of drug-likeness (QED) is 0.513. The number of piperazine rings is 1. The summed E-state index contributed by atoms with van der Waals surface area (Å²) >= 11 is 0. The minimum absolute atomic E-state index is 0.209. The van der Waals surface area contributed by atoms with Gasteiger partial charge in [0.25, 0.3) is 6.47 Å². The largest absolute Gasteiger partial charge is 0.483 e. The predicted octanol–water partition coefficient (Wildman–Crippen LogP) is 1.45. The Morgan fingerprint density at radius 2 is 1.94 bits per heavy atom. The van der Waals surface area contributed by atoms with E-state index in [0.717, 1.165) is 61.0 Å². The van der Waals surface area contributed by atoms with Gasteiger partial charge in [-0.05, 0) is 26.3 Å². The Kier molecular flexibility index (Phi) is 6.17. The van der Waals surface area contributed by atoms with E-state index in [0.29, 0.717) is 12.4 Å². The number of amides is 2. The lowest BCUT2D eigenvalue weighted by molar-refractivity contribution is -0.122. The summed E-state index contributed by atoms with van der Waals surface area (Å²) in [5, 5.41) is 13.2. The molecular formula is C21H26N8O3. The van der Waals surface area contributed by atoms with Crippen LogP contribution in [0.25, 0.3) is 5.65 Å². The SMILES string of the molecule is Cc1cn2cc(NC(=O)N3CCc4c(N5CCNCC5)ccnc43)nc2c(C)n1.O=CO. The van der Waals surface area contributed by atoms with Crippen molar-refractivity contribution in [1.29, 1.82) is 0 Å². The number of carboxylic acid groups (broad SMARTS) is 1. The number of aryl methyl sites for hydroxylation is 2. The van der Waals surface area contributed by atoms with Gasteiger partial charge in [-0.2, -0.15) is 0 Å². The fourth-order valence-electron chi connectivity index (χ4n) is 4.21. The van der Waals surface area contributed by atoms with Gasteiger partial charge in [0, 0.05) is 56.4 Å². The summed E-state index contributed by atoms with van der Waals surface area (Å²) in [6.45, 7) is 8.11. The summed E-state index contributed by atoms with van der Waals surface area (Å²) in [6, 6.07) is 1.85. The van der Waals surface area contributed by atoms with Crippen LogP contribution in [0.2, 0.25) is 0 Å². The Hall–Kier alpha value is -3.73. The number of carbonyl (C=O) groups excluding carboxylic acids is 1. The molecule has 0 spiro atoms. The van der Waals surface area contributed by atoms with Crippen LogP contribution in [0.5, 0.6) is 0 Å². The minimum atomic E-state index is -0.250. The molecule has 0 bridgehead atoms. The highest BCUT2D eigenvalue weighted by atomic mass is 16.3. The number of urea groups is 1. The summed E-state index contributed by atoms with van der Waals surface area (Å²) < 4.78 is 1.89. The molecule has 3 aromatic heterocycles. The molecule has 2 aliphatic rings. The van der Waals surface area contributed by atoms with Gasteiger partial charge in [0.2, 0.25) is 0 Å². The van der Waals surface area contributed by atoms with Gasteiger partial charge in [-0.1, -0.05) is 0 Å². The molecule has 168 valence electrons. The van der Waals surface area contributed by atoms with E-state index in [-0.39, 0.29) is 12.5 Å². The van der Waals surface area contributed by atoms with Crippen LogP contribution in [-0.4, -0.2) is 69.7 Å². The summed E-state index contributed by atoms with van der Waals surface area (Å²) in [6.07, 6.45) is 6.32. The van der Waals surface area contributed by atoms with Gasteiger partial charge in [-0.25, -0.2) is 14.8 Å². The third kappa shape index (κ3) is 4.19. The van der Waals surface area contributed by atoms with Crippen LogP contribution in [-0.2, 0) is 11.2 Å². The molecule has 2 aliphatic heterocycles. The van der Waals surface area contributed by atoms with Gasteiger partial charge in [0.05, 0.1) is 17.6 Å². The number of nitrogens with one attached hydrogen (secondary N) is 2. The van der Waals surface area contributed by atoms with Gasteiger partial charge in [-0.3, -0.25) is 20.0 Å². The molecule has 11 heteroatoms. The van der Waals surface area contributed by atoms with Crippen LogP contribution < -0.4 is 20.4 Å². The van der Waals surface area contributed by atoms with E-state index in [1.807, 2.05) is 30.6 Å². The molecule has 5 heterocycles. The fraction of sp³-hybridized carbons (Fsp3) is 0.381. The van der Waals surface area contributed by atoms with Gasteiger partial charge in [-0.15, -0.1) is 0 Å². The van der Waals surface area contributed by atoms with Crippen molar-refractivity contribution in [3.05, 3.63) is 41.6 Å². The van der Waals surface area contributed by atoms with Crippen molar-refractivity contribution in [2.75, 3.05) is 47.8 Å². The maximum absolute atomic E-state index is 13.0. The Labute approximate surface area is 185 Å². The highest BCUT2D eigenvalue weighted by Gasteiger charge is 2.30. The first-order valence-electron chi connectivity index (χ1n) is 10.4. The van der Waals surface area contributed by atoms with E-state index in [9.17, 15) is 4.79 Å². The Balaban J connectivity index is 0.000000775. The van der Waals surface area contributed by atoms with E-state index < -0.39 is 0 Å². The van der Waals surface area contributed by atoms with Crippen molar-refractivity contribution in [2.24, 2.45) is 0 Å². The summed E-state index contributed by atoms with van der Waals surface area (Å²) in [5.74, 6) is 1.26. The maximum atomic E-state index is 13.0. The second-order valence-corrected chi connectivity index (χ2v) is 7.63. The van der Waals surface area contributed by atoms with Crippen molar-refractivity contribution in [3.63, 3.8) is 0 Å². The highest BCUT2D eigenvalue weighted by Crippen LogP contribution is 2.34. The van der Waals surface area contributed by atoms with Crippen LogP contribution in [0.4, 0.5) is 22.1 Å². The minimum Gasteiger partial charge on any atom is -0.483 e. The van der Waals surface area contributed by atoms with E-state index >= 15 is 0 Å². The van der Waals surface area contributed by atoms with Crippen molar-refractivity contribution in [3.8, 4) is 0 Å². The monoisotopic (exact) mass is 438 g/mol. The van der Waals surface area contributed by atoms with E-state index in [1.165, 1.54) is 5.69 Å². The first-order chi connectivity index (χ1) is 15.5. The molecule has 0 radical (unpaired) electrons. The van der Waals surface area contributed by atoms with Gasteiger partial charge < -0.3 is 19.7 Å². The summed E-state index contributed by atoms with van der Waals surface area (Å²) in [7, 11) is 0. The molecule has 1 saturated heterocycles. The molecule has 0 aromatic carbocycles. The van der Waals surface area contributed by atoms with Gasteiger partial charge >= 0.3 is 6.03 Å². The van der Waals surface area contributed by atoms with Crippen molar-refractivity contribution in [1.82, 2.24) is 24.7 Å². The standard InChI is InChI=1S/C20H24N8O.CH2O2/c1-13-11-27-12-17(24-18(27)14(2)23-13)25-20(29)28-8-4-15-16(3-5-22-19(15)28)26-9-6-21-7-10-26;2-1-3/h3,5,11-12,21H,4,6-10H2,1-2H3,(H,25,29);1H,(H,2,3). The molecule has 0 unspecified atom stereocenters. The van der Waals surface area contributed by atoms with Crippen LogP contribution in [0.1, 0.15) is 17.0 Å². The average molecular weight is 438 g/mol. The van der Waals surface area contributed by atoms with Crippen molar-refractivity contribution < 1.29 is 14.7 Å². The number of hydrogen-bond donors (Lipinski definition) is 3. The number of pyridine rings is 1. The number of nitrogens with zero attached hydrogens (tertiary/aromatic N) is 6. The normalized spacial score (nSPS) is 15.2. The lowest BCUT2D eigenvalue weighted by Gasteiger charge is -2.30. The number of fused-ring (bicyclic) bond motifs is 2. The zero-order chi connectivity index (χ0) is 22.7. The molecular weight excluding hydrogens is 412 g/mol. The molecule has 5 rings (SSSR count). The predicted molar refractivity (Wildman–Crippen MR) is 121 cm³/mol. The molecule has 2 amide bonds. The third-order valence-electron chi connectivity index (χ3n) is 5.51. The molecule has 3 aromatic rings. The molecule has 1 fully saturated rings. The van der Waals surface area contributed by atoms with E-state index in [4.69, 9.17) is 9.90 Å². The number of imidazole rings is 1. The molecule has 0 aliphatic carbocycles. The van der Waals surface area contributed by atoms with E-state index in [1.54, 1.807) is 11.1 Å². The van der Waals surface area contributed by atoms with Crippen molar-refractivity contribution in [2.45, 2.75) is 20.3 Å². The van der Waals surface area contributed by atoms with Gasteiger partial charge in [0.15, 0.2) is 11.5 Å².